The number of rotatable bonds is 1. The molecule has 1 N–H and O–H groups in total. The smallest absolute Gasteiger partial charge is 0.0757 e. The highest BCUT2D eigenvalue weighted by atomic mass is 32.2. The Morgan fingerprint density at radius 2 is 2.00 bits per heavy atom. The van der Waals surface area contributed by atoms with E-state index in [2.05, 4.69) is 52.8 Å². The molecule has 15 heavy (non-hydrogen) atoms. The van der Waals surface area contributed by atoms with Gasteiger partial charge in [0.2, 0.25) is 0 Å². The second-order valence-corrected chi connectivity index (χ2v) is 6.44. The van der Waals surface area contributed by atoms with Crippen molar-refractivity contribution in [2.24, 2.45) is 0 Å². The van der Waals surface area contributed by atoms with Crippen LogP contribution in [0.15, 0.2) is 30.5 Å². The fourth-order valence-corrected chi connectivity index (χ4v) is 4.95. The summed E-state index contributed by atoms with van der Waals surface area (Å²) in [4.78, 5) is 3.28. The normalized spacial score (nSPS) is 18.4. The van der Waals surface area contributed by atoms with Crippen LogP contribution in [0.4, 0.5) is 0 Å². The number of hydrogen-bond acceptors (Lipinski definition) is 2. The van der Waals surface area contributed by atoms with Crippen molar-refractivity contribution in [1.29, 1.82) is 0 Å². The minimum Gasteiger partial charge on any atom is -0.361 e. The largest absolute Gasteiger partial charge is 0.361 e. The highest BCUT2D eigenvalue weighted by Crippen LogP contribution is 2.45. The van der Waals surface area contributed by atoms with Gasteiger partial charge in [-0.3, -0.25) is 0 Å². The van der Waals surface area contributed by atoms with E-state index in [0.29, 0.717) is 4.58 Å². The van der Waals surface area contributed by atoms with Crippen LogP contribution in [0, 0.1) is 0 Å². The third kappa shape index (κ3) is 1.79. The molecular formula is C12H13NS2. The van der Waals surface area contributed by atoms with Gasteiger partial charge in [0.15, 0.2) is 0 Å². The standard InChI is InChI=1S/C12H13NS2/c1-3-10(12-14-7-2-8-15-12)9-5-6-13-11(9)4-1/h1,3-6,12-13H,2,7-8H2. The zero-order valence-corrected chi connectivity index (χ0v) is 10.0. The molecule has 1 aliphatic heterocycles. The van der Waals surface area contributed by atoms with Crippen LogP contribution < -0.4 is 0 Å². The monoisotopic (exact) mass is 235 g/mol. The molecule has 1 saturated heterocycles. The van der Waals surface area contributed by atoms with Crippen LogP contribution >= 0.6 is 23.5 Å². The molecular weight excluding hydrogens is 222 g/mol. The van der Waals surface area contributed by atoms with Crippen molar-refractivity contribution in [2.75, 3.05) is 11.5 Å². The maximum atomic E-state index is 3.28. The maximum Gasteiger partial charge on any atom is 0.0757 e. The van der Waals surface area contributed by atoms with Crippen LogP contribution in [-0.2, 0) is 0 Å². The summed E-state index contributed by atoms with van der Waals surface area (Å²) in [5.41, 5.74) is 2.75. The predicted molar refractivity (Wildman–Crippen MR) is 70.6 cm³/mol. The van der Waals surface area contributed by atoms with Gasteiger partial charge in [0.1, 0.15) is 0 Å². The van der Waals surface area contributed by atoms with Gasteiger partial charge in [-0.15, -0.1) is 23.5 Å². The molecule has 3 heteroatoms. The van der Waals surface area contributed by atoms with Crippen molar-refractivity contribution >= 4 is 34.4 Å². The molecule has 0 radical (unpaired) electrons. The first-order chi connectivity index (χ1) is 7.45. The zero-order chi connectivity index (χ0) is 10.1. The fraction of sp³-hybridized carbons (Fsp3) is 0.333. The summed E-state index contributed by atoms with van der Waals surface area (Å²) in [7, 11) is 0. The number of thioether (sulfide) groups is 2. The first-order valence-corrected chi connectivity index (χ1v) is 7.34. The van der Waals surface area contributed by atoms with Gasteiger partial charge >= 0.3 is 0 Å². The minimum atomic E-state index is 0.637. The second kappa shape index (κ2) is 4.14. The van der Waals surface area contributed by atoms with Gasteiger partial charge in [0.25, 0.3) is 0 Å². The molecule has 1 aromatic heterocycles. The summed E-state index contributed by atoms with van der Waals surface area (Å²) in [5, 5.41) is 1.39. The van der Waals surface area contributed by atoms with Crippen molar-refractivity contribution in [3.8, 4) is 0 Å². The van der Waals surface area contributed by atoms with Gasteiger partial charge in [-0.2, -0.15) is 0 Å². The molecule has 1 fully saturated rings. The summed E-state index contributed by atoms with van der Waals surface area (Å²) in [6.45, 7) is 0. The number of hydrogen-bond donors (Lipinski definition) is 1. The van der Waals surface area contributed by atoms with Gasteiger partial charge in [0, 0.05) is 17.1 Å². The predicted octanol–water partition coefficient (Wildman–Crippen LogP) is 4.04. The summed E-state index contributed by atoms with van der Waals surface area (Å²) < 4.78 is 0.637. The van der Waals surface area contributed by atoms with Crippen LogP contribution in [0.1, 0.15) is 16.6 Å². The molecule has 0 bridgehead atoms. The SMILES string of the molecule is c1cc(C2SCCCS2)c2cc[nH]c2c1. The molecule has 0 unspecified atom stereocenters. The number of H-pyrrole nitrogens is 1. The molecule has 0 saturated carbocycles. The Hall–Kier alpha value is -0.540. The van der Waals surface area contributed by atoms with Gasteiger partial charge < -0.3 is 4.98 Å². The molecule has 78 valence electrons. The number of aromatic nitrogens is 1. The Morgan fingerprint density at radius 1 is 1.13 bits per heavy atom. The quantitative estimate of drug-likeness (QED) is 0.803. The molecule has 0 aliphatic carbocycles. The third-order valence-electron chi connectivity index (χ3n) is 2.71. The molecule has 2 aromatic rings. The molecule has 0 atom stereocenters. The van der Waals surface area contributed by atoms with E-state index < -0.39 is 0 Å². The average Bonchev–Trinajstić information content (AvgIpc) is 2.78. The summed E-state index contributed by atoms with van der Waals surface area (Å²) in [6.07, 6.45) is 3.39. The molecule has 1 aliphatic rings. The first kappa shape index (κ1) is 9.67. The molecule has 1 aromatic carbocycles. The van der Waals surface area contributed by atoms with Crippen LogP contribution in [0.3, 0.4) is 0 Å². The highest BCUT2D eigenvalue weighted by Gasteiger charge is 2.18. The van der Waals surface area contributed by atoms with Gasteiger partial charge in [-0.05, 0) is 35.6 Å². The van der Waals surface area contributed by atoms with Gasteiger partial charge in [-0.1, -0.05) is 12.1 Å². The number of benzene rings is 1. The molecule has 0 spiro atoms. The van der Waals surface area contributed by atoms with Gasteiger partial charge in [0.05, 0.1) is 4.58 Å². The van der Waals surface area contributed by atoms with E-state index in [-0.39, 0.29) is 0 Å². The average molecular weight is 235 g/mol. The van der Waals surface area contributed by atoms with Gasteiger partial charge in [-0.25, -0.2) is 0 Å². The van der Waals surface area contributed by atoms with Crippen molar-refractivity contribution in [3.63, 3.8) is 0 Å². The van der Waals surface area contributed by atoms with Crippen molar-refractivity contribution in [3.05, 3.63) is 36.0 Å². The van der Waals surface area contributed by atoms with E-state index >= 15 is 0 Å². The molecule has 2 heterocycles. The number of nitrogens with one attached hydrogen (secondary N) is 1. The van der Waals surface area contributed by atoms with E-state index in [1.54, 1.807) is 0 Å². The number of aromatic amines is 1. The van der Waals surface area contributed by atoms with Crippen LogP contribution in [0.5, 0.6) is 0 Å². The zero-order valence-electron chi connectivity index (χ0n) is 8.40. The van der Waals surface area contributed by atoms with Crippen molar-refractivity contribution in [1.82, 2.24) is 4.98 Å². The van der Waals surface area contributed by atoms with E-state index in [1.807, 2.05) is 6.20 Å². The van der Waals surface area contributed by atoms with E-state index in [9.17, 15) is 0 Å². The maximum absolute atomic E-state index is 3.28. The Labute approximate surface area is 98.0 Å². The van der Waals surface area contributed by atoms with Crippen molar-refractivity contribution in [2.45, 2.75) is 11.0 Å². The van der Waals surface area contributed by atoms with E-state index in [0.717, 1.165) is 0 Å². The Kier molecular flexibility index (Phi) is 2.67. The first-order valence-electron chi connectivity index (χ1n) is 5.24. The fourth-order valence-electron chi connectivity index (χ4n) is 1.98. The van der Waals surface area contributed by atoms with Crippen molar-refractivity contribution < 1.29 is 0 Å². The summed E-state index contributed by atoms with van der Waals surface area (Å²) in [6, 6.07) is 8.77. The minimum absolute atomic E-state index is 0.637. The van der Waals surface area contributed by atoms with Crippen LogP contribution in [0.25, 0.3) is 10.9 Å². The lowest BCUT2D eigenvalue weighted by atomic mass is 10.1. The molecule has 0 amide bonds. The Bertz CT molecular complexity index is 457. The lowest BCUT2D eigenvalue weighted by molar-refractivity contribution is 1.10. The third-order valence-corrected chi connectivity index (χ3v) is 5.69. The topological polar surface area (TPSA) is 15.8 Å². The summed E-state index contributed by atoms with van der Waals surface area (Å²) >= 11 is 4.17. The number of fused-ring (bicyclic) bond motifs is 1. The Morgan fingerprint density at radius 3 is 2.87 bits per heavy atom. The molecule has 3 rings (SSSR count). The van der Waals surface area contributed by atoms with Crippen LogP contribution in [-0.4, -0.2) is 16.5 Å². The molecule has 1 nitrogen and oxygen atoms in total. The van der Waals surface area contributed by atoms with E-state index in [1.165, 1.54) is 34.4 Å². The lowest BCUT2D eigenvalue weighted by Gasteiger charge is -2.21. The summed E-state index contributed by atoms with van der Waals surface area (Å²) in [5.74, 6) is 2.61. The van der Waals surface area contributed by atoms with E-state index in [4.69, 9.17) is 0 Å². The second-order valence-electron chi connectivity index (χ2n) is 3.71. The lowest BCUT2D eigenvalue weighted by Crippen LogP contribution is -2.00. The highest BCUT2D eigenvalue weighted by molar-refractivity contribution is 8.16. The Balaban J connectivity index is 2.05. The van der Waals surface area contributed by atoms with Crippen LogP contribution in [0.2, 0.25) is 0 Å².